The van der Waals surface area contributed by atoms with E-state index in [4.69, 9.17) is 19.5 Å². The first-order valence-corrected chi connectivity index (χ1v) is 11.1. The van der Waals surface area contributed by atoms with Gasteiger partial charge in [0, 0.05) is 6.54 Å². The topological polar surface area (TPSA) is 128 Å². The van der Waals surface area contributed by atoms with Gasteiger partial charge in [0.15, 0.2) is 18.2 Å². The Morgan fingerprint density at radius 3 is 2.52 bits per heavy atom. The number of amides is 1. The number of hydrogen-bond donors (Lipinski definition) is 2. The lowest BCUT2D eigenvalue weighted by Crippen LogP contribution is -2.54. The van der Waals surface area contributed by atoms with Gasteiger partial charge < -0.3 is 24.4 Å². The maximum absolute atomic E-state index is 12.8. The average molecular weight is 403 g/mol. The van der Waals surface area contributed by atoms with E-state index in [1.54, 1.807) is 11.2 Å². The van der Waals surface area contributed by atoms with Gasteiger partial charge in [-0.2, -0.15) is 0 Å². The highest BCUT2D eigenvalue weighted by Crippen LogP contribution is 2.48. The summed E-state index contributed by atoms with van der Waals surface area (Å²) in [6.45, 7) is 5.54. The molecule has 3 N–H and O–H groups in total. The lowest BCUT2D eigenvalue weighted by Gasteiger charge is -2.27. The fourth-order valence-electron chi connectivity index (χ4n) is 2.55. The molecule has 154 valence electrons. The molecule has 0 radical (unpaired) electrons. The van der Waals surface area contributed by atoms with Crippen molar-refractivity contribution >= 4 is 25.8 Å². The van der Waals surface area contributed by atoms with Gasteiger partial charge in [-0.05, 0) is 12.8 Å². The van der Waals surface area contributed by atoms with E-state index in [-0.39, 0.29) is 24.8 Å². The quantitative estimate of drug-likeness (QED) is 0.350. The van der Waals surface area contributed by atoms with Gasteiger partial charge in [-0.3, -0.25) is 19.7 Å². The Kier molecular flexibility index (Phi) is 8.69. The van der Waals surface area contributed by atoms with E-state index in [0.29, 0.717) is 19.8 Å². The zero-order chi connectivity index (χ0) is 19.7. The van der Waals surface area contributed by atoms with E-state index in [1.807, 2.05) is 13.8 Å². The van der Waals surface area contributed by atoms with Crippen molar-refractivity contribution in [1.29, 1.82) is 0 Å². The highest BCUT2D eigenvalue weighted by atomic mass is 31.2. The molecular formula is C16H30N5O5P. The van der Waals surface area contributed by atoms with Crippen LogP contribution < -0.4 is 11.1 Å². The molecule has 0 aromatic heterocycles. The summed E-state index contributed by atoms with van der Waals surface area (Å²) in [6, 6.07) is -0.599. The molecule has 2 atom stereocenters. The molecule has 2 rings (SSSR count). The van der Waals surface area contributed by atoms with Gasteiger partial charge in [-0.15, -0.1) is 0 Å². The number of ether oxygens (including phenoxy) is 1. The molecule has 0 aromatic rings. The summed E-state index contributed by atoms with van der Waals surface area (Å²) >= 11 is 0. The molecule has 2 unspecified atom stereocenters. The molecule has 0 fully saturated rings. The molecule has 0 aromatic carbocycles. The minimum absolute atomic E-state index is 0.0795. The fourth-order valence-corrected chi connectivity index (χ4v) is 3.94. The zero-order valence-corrected chi connectivity index (χ0v) is 16.9. The Hall–Kier alpha value is -1.48. The SMILES string of the molecule is CCCCOP(=O)(COCCN1C=NC2C(=O)NC(N)=NC21)OCCCC. The third-order valence-electron chi connectivity index (χ3n) is 4.10. The Morgan fingerprint density at radius 2 is 1.89 bits per heavy atom. The van der Waals surface area contributed by atoms with Gasteiger partial charge >= 0.3 is 7.60 Å². The maximum Gasteiger partial charge on any atom is 0.356 e. The summed E-state index contributed by atoms with van der Waals surface area (Å²) in [6.07, 6.45) is 4.52. The molecule has 1 amide bonds. The number of fused-ring (bicyclic) bond motifs is 1. The van der Waals surface area contributed by atoms with Crippen LogP contribution in [0.5, 0.6) is 0 Å². The Labute approximate surface area is 160 Å². The smallest absolute Gasteiger partial charge is 0.356 e. The van der Waals surface area contributed by atoms with E-state index >= 15 is 0 Å². The van der Waals surface area contributed by atoms with Crippen LogP contribution in [0.25, 0.3) is 0 Å². The number of hydrogen-bond acceptors (Lipinski definition) is 9. The van der Waals surface area contributed by atoms with Crippen molar-refractivity contribution in [2.24, 2.45) is 15.7 Å². The summed E-state index contributed by atoms with van der Waals surface area (Å²) in [5, 5.41) is 2.45. The summed E-state index contributed by atoms with van der Waals surface area (Å²) in [4.78, 5) is 22.0. The Bertz CT molecular complexity index is 586. The van der Waals surface area contributed by atoms with Gasteiger partial charge in [0.25, 0.3) is 5.91 Å². The molecule has 0 saturated heterocycles. The van der Waals surface area contributed by atoms with Crippen LogP contribution in [-0.2, 0) is 23.1 Å². The van der Waals surface area contributed by atoms with Crippen LogP contribution in [0, 0.1) is 0 Å². The highest BCUT2D eigenvalue weighted by molar-refractivity contribution is 7.53. The van der Waals surface area contributed by atoms with Crippen molar-refractivity contribution in [3.8, 4) is 0 Å². The molecule has 2 aliphatic rings. The van der Waals surface area contributed by atoms with Crippen molar-refractivity contribution < 1.29 is 23.1 Å². The molecule has 11 heteroatoms. The number of nitrogens with two attached hydrogens (primary N) is 1. The number of nitrogens with zero attached hydrogens (tertiary/aromatic N) is 3. The van der Waals surface area contributed by atoms with E-state index in [0.717, 1.165) is 25.7 Å². The third kappa shape index (κ3) is 6.57. The fraction of sp³-hybridized carbons (Fsp3) is 0.812. The lowest BCUT2D eigenvalue weighted by atomic mass is 10.2. The molecule has 2 aliphatic heterocycles. The van der Waals surface area contributed by atoms with Gasteiger partial charge in [0.05, 0.1) is 26.2 Å². The summed E-state index contributed by atoms with van der Waals surface area (Å²) < 4.78 is 29.3. The second kappa shape index (κ2) is 10.8. The lowest BCUT2D eigenvalue weighted by molar-refractivity contribution is -0.122. The minimum Gasteiger partial charge on any atom is -0.370 e. The average Bonchev–Trinajstić information content (AvgIpc) is 3.02. The van der Waals surface area contributed by atoms with Crippen LogP contribution in [-0.4, -0.2) is 68.0 Å². The van der Waals surface area contributed by atoms with Crippen LogP contribution in [0.2, 0.25) is 0 Å². The number of nitrogens with one attached hydrogen (secondary N) is 1. The molecule has 2 heterocycles. The maximum atomic E-state index is 12.8. The first-order chi connectivity index (χ1) is 13.0. The monoisotopic (exact) mass is 403 g/mol. The van der Waals surface area contributed by atoms with E-state index in [9.17, 15) is 9.36 Å². The number of guanidine groups is 1. The van der Waals surface area contributed by atoms with Crippen LogP contribution in [0.3, 0.4) is 0 Å². The highest BCUT2D eigenvalue weighted by Gasteiger charge is 2.39. The molecule has 0 saturated carbocycles. The van der Waals surface area contributed by atoms with Crippen LogP contribution in [0.4, 0.5) is 0 Å². The van der Waals surface area contributed by atoms with Crippen molar-refractivity contribution in [1.82, 2.24) is 10.2 Å². The summed E-state index contributed by atoms with van der Waals surface area (Å²) in [5.41, 5.74) is 5.61. The van der Waals surface area contributed by atoms with Crippen LogP contribution >= 0.6 is 7.60 Å². The molecule has 0 bridgehead atoms. The van der Waals surface area contributed by atoms with E-state index < -0.39 is 19.8 Å². The standard InChI is InChI=1S/C16H30N5O5P/c1-3-5-8-25-27(23,26-9-6-4-2)12-24-10-7-21-11-18-13-14(21)19-16(17)20-15(13)22/h11,13-14H,3-10,12H2,1-2H3,(H3,17,19,20,22). The van der Waals surface area contributed by atoms with Crippen molar-refractivity contribution in [2.75, 3.05) is 32.7 Å². The number of carbonyl (C=O) groups excluding carboxylic acids is 1. The minimum atomic E-state index is -3.27. The normalized spacial score (nSPS) is 21.9. The Morgan fingerprint density at radius 1 is 1.22 bits per heavy atom. The molecule has 0 spiro atoms. The summed E-state index contributed by atoms with van der Waals surface area (Å²) in [7, 11) is -3.27. The van der Waals surface area contributed by atoms with Gasteiger partial charge in [0.1, 0.15) is 6.35 Å². The molecule has 27 heavy (non-hydrogen) atoms. The second-order valence-corrected chi connectivity index (χ2v) is 8.38. The van der Waals surface area contributed by atoms with Crippen LogP contribution in [0.1, 0.15) is 39.5 Å². The van der Waals surface area contributed by atoms with Gasteiger partial charge in [-0.25, -0.2) is 4.99 Å². The molecule has 10 nitrogen and oxygen atoms in total. The number of rotatable bonds is 13. The molecular weight excluding hydrogens is 373 g/mol. The van der Waals surface area contributed by atoms with E-state index in [1.165, 1.54) is 0 Å². The predicted octanol–water partition coefficient (Wildman–Crippen LogP) is 1.27. The molecule has 0 aliphatic carbocycles. The largest absolute Gasteiger partial charge is 0.370 e. The van der Waals surface area contributed by atoms with Gasteiger partial charge in [-0.1, -0.05) is 26.7 Å². The first-order valence-electron chi connectivity index (χ1n) is 9.38. The van der Waals surface area contributed by atoms with Gasteiger partial charge in [0.2, 0.25) is 0 Å². The summed E-state index contributed by atoms with van der Waals surface area (Å²) in [5.74, 6) is -0.193. The number of aliphatic imine (C=N–C) groups is 2. The number of carbonyl (C=O) groups is 1. The van der Waals surface area contributed by atoms with E-state index in [2.05, 4.69) is 15.3 Å². The van der Waals surface area contributed by atoms with Crippen molar-refractivity contribution in [3.63, 3.8) is 0 Å². The predicted molar refractivity (Wildman–Crippen MR) is 103 cm³/mol. The van der Waals surface area contributed by atoms with Crippen molar-refractivity contribution in [3.05, 3.63) is 0 Å². The van der Waals surface area contributed by atoms with Crippen molar-refractivity contribution in [2.45, 2.75) is 51.7 Å². The first kappa shape index (κ1) is 21.8. The second-order valence-electron chi connectivity index (χ2n) is 6.39. The number of unbranched alkanes of at least 4 members (excludes halogenated alkanes) is 2. The zero-order valence-electron chi connectivity index (χ0n) is 16.0. The van der Waals surface area contributed by atoms with Crippen LogP contribution in [0.15, 0.2) is 9.98 Å². The third-order valence-corrected chi connectivity index (χ3v) is 5.75. The Balaban J connectivity index is 1.78.